The highest BCUT2D eigenvalue weighted by Gasteiger charge is 2.36. The maximum Gasteiger partial charge on any atom is 0.0547 e. The summed E-state index contributed by atoms with van der Waals surface area (Å²) in [6.07, 6.45) is 0. The van der Waals surface area contributed by atoms with Crippen LogP contribution >= 0.6 is 0 Å². The summed E-state index contributed by atoms with van der Waals surface area (Å²) in [6.45, 7) is 4.74. The van der Waals surface area contributed by atoms with Crippen molar-refractivity contribution in [1.29, 1.82) is 0 Å². The number of benzene rings is 10. The highest BCUT2D eigenvalue weighted by molar-refractivity contribution is 6.10. The van der Waals surface area contributed by atoms with Gasteiger partial charge in [-0.3, -0.25) is 0 Å². The Hall–Kier alpha value is -8.40. The predicted molar refractivity (Wildman–Crippen MR) is 279 cm³/mol. The number of anilines is 6. The zero-order valence-corrected chi connectivity index (χ0v) is 37.0. The quantitative estimate of drug-likeness (QED) is 0.143. The highest BCUT2D eigenvalue weighted by Crippen LogP contribution is 2.52. The number of fused-ring (bicyclic) bond motifs is 6. The largest absolute Gasteiger partial charge is 0.310 e. The minimum atomic E-state index is -0.167. The maximum absolute atomic E-state index is 2.43. The first-order chi connectivity index (χ1) is 32.5. The van der Waals surface area contributed by atoms with Gasteiger partial charge in [-0.25, -0.2) is 0 Å². The van der Waals surface area contributed by atoms with Gasteiger partial charge in [0.25, 0.3) is 0 Å². The average Bonchev–Trinajstić information content (AvgIpc) is 3.82. The van der Waals surface area contributed by atoms with E-state index in [1.165, 1.54) is 66.3 Å². The maximum atomic E-state index is 2.43. The second kappa shape index (κ2) is 16.0. The second-order valence-corrected chi connectivity index (χ2v) is 17.8. The average molecular weight is 846 g/mol. The monoisotopic (exact) mass is 845 g/mol. The first-order valence-corrected chi connectivity index (χ1v) is 22.8. The summed E-state index contributed by atoms with van der Waals surface area (Å²) < 4.78 is 2.40. The highest BCUT2D eigenvalue weighted by atomic mass is 15.2. The molecule has 0 unspecified atom stereocenters. The van der Waals surface area contributed by atoms with Crippen molar-refractivity contribution in [2.75, 3.05) is 9.80 Å². The predicted octanol–water partition coefficient (Wildman–Crippen LogP) is 17.4. The summed E-state index contributed by atoms with van der Waals surface area (Å²) in [5.41, 5.74) is 20.0. The van der Waals surface area contributed by atoms with Gasteiger partial charge in [0.2, 0.25) is 0 Å². The zero-order chi connectivity index (χ0) is 44.2. The van der Waals surface area contributed by atoms with E-state index in [2.05, 4.69) is 277 Å². The molecule has 12 rings (SSSR count). The van der Waals surface area contributed by atoms with Gasteiger partial charge in [-0.05, 0) is 142 Å². The summed E-state index contributed by atoms with van der Waals surface area (Å²) in [6, 6.07) is 90.5. The standard InChI is InChI=1S/C63H47N3/c1-63(2)59-38-33-46(47-32-37-56-55-28-15-16-29-61(55)66(62(56)41-47)50-24-13-6-14-25-50)40-57(59)58-43-54(36-39-60(58)63)65(51-34-30-45(31-35-51)44-18-7-3-8-19-44)53-27-17-26-52(42-53)64(48-20-9-4-10-21-48)49-22-11-5-12-23-49/h3-43H,1-2H3. The van der Waals surface area contributed by atoms with Crippen LogP contribution in [0.2, 0.25) is 0 Å². The van der Waals surface area contributed by atoms with E-state index in [9.17, 15) is 0 Å². The summed E-state index contributed by atoms with van der Waals surface area (Å²) in [5, 5.41) is 2.52. The van der Waals surface area contributed by atoms with Crippen molar-refractivity contribution in [2.45, 2.75) is 19.3 Å². The Kier molecular flexibility index (Phi) is 9.50. The van der Waals surface area contributed by atoms with Crippen LogP contribution in [-0.2, 0) is 5.41 Å². The van der Waals surface area contributed by atoms with Crippen LogP contribution in [0.15, 0.2) is 249 Å². The Labute approximate surface area is 386 Å². The molecule has 0 fully saturated rings. The van der Waals surface area contributed by atoms with E-state index >= 15 is 0 Å². The van der Waals surface area contributed by atoms with Gasteiger partial charge in [0.1, 0.15) is 0 Å². The molecule has 1 heterocycles. The first kappa shape index (κ1) is 39.2. The van der Waals surface area contributed by atoms with E-state index < -0.39 is 0 Å². The normalized spacial score (nSPS) is 12.5. The van der Waals surface area contributed by atoms with Crippen molar-refractivity contribution in [2.24, 2.45) is 0 Å². The number of hydrogen-bond donors (Lipinski definition) is 0. The molecular weight excluding hydrogens is 799 g/mol. The molecule has 3 heteroatoms. The fourth-order valence-corrected chi connectivity index (χ4v) is 10.3. The Morgan fingerprint density at radius 2 is 0.742 bits per heavy atom. The van der Waals surface area contributed by atoms with Crippen LogP contribution < -0.4 is 9.80 Å². The van der Waals surface area contributed by atoms with Crippen LogP contribution in [0.1, 0.15) is 25.0 Å². The molecule has 0 aliphatic heterocycles. The minimum absolute atomic E-state index is 0.167. The molecule has 314 valence electrons. The van der Waals surface area contributed by atoms with E-state index in [0.29, 0.717) is 0 Å². The molecule has 0 radical (unpaired) electrons. The number of hydrogen-bond acceptors (Lipinski definition) is 2. The molecule has 0 spiro atoms. The van der Waals surface area contributed by atoms with Crippen molar-refractivity contribution in [3.05, 3.63) is 260 Å². The zero-order valence-electron chi connectivity index (χ0n) is 37.0. The Morgan fingerprint density at radius 1 is 0.303 bits per heavy atom. The molecule has 0 amide bonds. The van der Waals surface area contributed by atoms with Crippen LogP contribution in [0.3, 0.4) is 0 Å². The molecule has 1 aliphatic rings. The van der Waals surface area contributed by atoms with Gasteiger partial charge < -0.3 is 14.4 Å². The van der Waals surface area contributed by atoms with Gasteiger partial charge in [0.05, 0.1) is 11.0 Å². The van der Waals surface area contributed by atoms with Crippen LogP contribution in [0.5, 0.6) is 0 Å². The molecule has 1 aliphatic carbocycles. The molecule has 0 saturated heterocycles. The van der Waals surface area contributed by atoms with Crippen molar-refractivity contribution in [3.8, 4) is 39.1 Å². The number of para-hydroxylation sites is 4. The van der Waals surface area contributed by atoms with E-state index in [0.717, 1.165) is 39.8 Å². The van der Waals surface area contributed by atoms with E-state index in [1.54, 1.807) is 0 Å². The topological polar surface area (TPSA) is 11.4 Å². The molecule has 11 aromatic rings. The summed E-state index contributed by atoms with van der Waals surface area (Å²) in [5.74, 6) is 0. The first-order valence-electron chi connectivity index (χ1n) is 22.8. The third-order valence-electron chi connectivity index (χ3n) is 13.5. The van der Waals surface area contributed by atoms with Crippen LogP contribution in [-0.4, -0.2) is 4.57 Å². The molecule has 3 nitrogen and oxygen atoms in total. The van der Waals surface area contributed by atoms with E-state index in [-0.39, 0.29) is 5.41 Å². The lowest BCUT2D eigenvalue weighted by atomic mass is 9.82. The Balaban J connectivity index is 1.00. The van der Waals surface area contributed by atoms with Crippen molar-refractivity contribution in [1.82, 2.24) is 4.57 Å². The molecule has 10 aromatic carbocycles. The Bertz CT molecular complexity index is 3500. The SMILES string of the molecule is CC1(C)c2ccc(-c3ccc4c5ccccc5n(-c5ccccc5)c4c3)cc2-c2cc(N(c3ccc(-c4ccccc4)cc3)c3cccc(N(c4ccccc4)c4ccccc4)c3)ccc21. The van der Waals surface area contributed by atoms with Gasteiger partial charge in [-0.2, -0.15) is 0 Å². The summed E-state index contributed by atoms with van der Waals surface area (Å²) >= 11 is 0. The van der Waals surface area contributed by atoms with E-state index in [4.69, 9.17) is 0 Å². The lowest BCUT2D eigenvalue weighted by molar-refractivity contribution is 0.660. The van der Waals surface area contributed by atoms with Gasteiger partial charge in [-0.15, -0.1) is 0 Å². The summed E-state index contributed by atoms with van der Waals surface area (Å²) in [7, 11) is 0. The lowest BCUT2D eigenvalue weighted by Crippen LogP contribution is -2.15. The second-order valence-electron chi connectivity index (χ2n) is 17.8. The summed E-state index contributed by atoms with van der Waals surface area (Å²) in [4.78, 5) is 4.75. The molecule has 0 atom stereocenters. The van der Waals surface area contributed by atoms with Gasteiger partial charge in [0.15, 0.2) is 0 Å². The van der Waals surface area contributed by atoms with Gasteiger partial charge in [0, 0.05) is 56.0 Å². The lowest BCUT2D eigenvalue weighted by Gasteiger charge is -2.30. The minimum Gasteiger partial charge on any atom is -0.310 e. The molecule has 0 saturated carbocycles. The molecular formula is C63H47N3. The van der Waals surface area contributed by atoms with Crippen LogP contribution in [0.4, 0.5) is 34.1 Å². The Morgan fingerprint density at radius 3 is 1.42 bits per heavy atom. The molecule has 0 N–H and O–H groups in total. The van der Waals surface area contributed by atoms with Crippen molar-refractivity contribution in [3.63, 3.8) is 0 Å². The van der Waals surface area contributed by atoms with E-state index in [1.807, 2.05) is 0 Å². The van der Waals surface area contributed by atoms with Crippen LogP contribution in [0.25, 0.3) is 60.9 Å². The van der Waals surface area contributed by atoms with Crippen molar-refractivity contribution >= 4 is 55.9 Å². The van der Waals surface area contributed by atoms with Gasteiger partial charge >= 0.3 is 0 Å². The van der Waals surface area contributed by atoms with Crippen molar-refractivity contribution < 1.29 is 0 Å². The third kappa shape index (κ3) is 6.67. The fourth-order valence-electron chi connectivity index (χ4n) is 10.3. The molecule has 66 heavy (non-hydrogen) atoms. The molecule has 1 aromatic heterocycles. The fraction of sp³-hybridized carbons (Fsp3) is 0.0476. The number of nitrogens with zero attached hydrogens (tertiary/aromatic N) is 3. The molecule has 0 bridgehead atoms. The van der Waals surface area contributed by atoms with Crippen LogP contribution in [0, 0.1) is 0 Å². The van der Waals surface area contributed by atoms with Gasteiger partial charge in [-0.1, -0.05) is 166 Å². The number of aromatic nitrogens is 1. The number of rotatable bonds is 9. The third-order valence-corrected chi connectivity index (χ3v) is 13.5. The smallest absolute Gasteiger partial charge is 0.0547 e.